The zero-order valence-electron chi connectivity index (χ0n) is 15.8. The van der Waals surface area contributed by atoms with E-state index in [4.69, 9.17) is 13.9 Å². The number of hydrogen-bond donors (Lipinski definition) is 0. The van der Waals surface area contributed by atoms with Crippen molar-refractivity contribution >= 4 is 22.9 Å². The van der Waals surface area contributed by atoms with E-state index in [-0.39, 0.29) is 6.61 Å². The Labute approximate surface area is 167 Å². The highest BCUT2D eigenvalue weighted by molar-refractivity contribution is 6.09. The van der Waals surface area contributed by atoms with E-state index in [1.54, 1.807) is 49.4 Å². The van der Waals surface area contributed by atoms with Crippen LogP contribution >= 0.6 is 0 Å². The van der Waals surface area contributed by atoms with Crippen LogP contribution in [0.15, 0.2) is 83.3 Å². The largest absolute Gasteiger partial charge is 0.462 e. The lowest BCUT2D eigenvalue weighted by molar-refractivity contribution is 0.0528. The fraction of sp³-hybridized carbons (Fsp3) is 0.0833. The number of esters is 2. The highest BCUT2D eigenvalue weighted by atomic mass is 16.5. The quantitative estimate of drug-likeness (QED) is 0.335. The van der Waals surface area contributed by atoms with E-state index in [0.29, 0.717) is 33.6 Å². The molecule has 0 aliphatic heterocycles. The summed E-state index contributed by atoms with van der Waals surface area (Å²) >= 11 is 0. The highest BCUT2D eigenvalue weighted by Gasteiger charge is 2.24. The fourth-order valence-corrected chi connectivity index (χ4v) is 3.08. The van der Waals surface area contributed by atoms with E-state index in [0.717, 1.165) is 5.56 Å². The van der Waals surface area contributed by atoms with E-state index >= 15 is 0 Å². The van der Waals surface area contributed by atoms with Crippen molar-refractivity contribution in [3.05, 3.63) is 90.0 Å². The lowest BCUT2D eigenvalue weighted by Gasteiger charge is -2.05. The molecule has 0 saturated carbocycles. The lowest BCUT2D eigenvalue weighted by Crippen LogP contribution is -2.08. The molecule has 4 rings (SSSR count). The number of benzene rings is 3. The molecule has 0 unspecified atom stereocenters. The maximum atomic E-state index is 12.7. The molecule has 0 saturated heterocycles. The summed E-state index contributed by atoms with van der Waals surface area (Å²) in [6.07, 6.45) is 0. The molecule has 5 heteroatoms. The van der Waals surface area contributed by atoms with E-state index in [9.17, 15) is 9.59 Å². The number of fused-ring (bicyclic) bond motifs is 1. The number of carbonyl (C=O) groups is 2. The van der Waals surface area contributed by atoms with Gasteiger partial charge in [-0.1, -0.05) is 48.5 Å². The molecule has 5 nitrogen and oxygen atoms in total. The smallest absolute Gasteiger partial charge is 0.343 e. The summed E-state index contributed by atoms with van der Waals surface area (Å²) < 4.78 is 16.7. The van der Waals surface area contributed by atoms with Crippen LogP contribution in [0.2, 0.25) is 0 Å². The lowest BCUT2D eigenvalue weighted by atomic mass is 10.1. The standard InChI is InChI=1S/C24H18O5/c1-2-27-24(26)21-19-15-18(28-23(25)17-11-7-4-8-12-17)13-14-20(19)29-22(21)16-9-5-3-6-10-16/h3-15H,2H2,1H3. The first-order valence-electron chi connectivity index (χ1n) is 9.23. The molecule has 1 aromatic heterocycles. The number of hydrogen-bond acceptors (Lipinski definition) is 5. The monoisotopic (exact) mass is 386 g/mol. The first-order valence-corrected chi connectivity index (χ1v) is 9.23. The molecular weight excluding hydrogens is 368 g/mol. The summed E-state index contributed by atoms with van der Waals surface area (Å²) in [6.45, 7) is 1.98. The molecule has 4 aromatic rings. The summed E-state index contributed by atoms with van der Waals surface area (Å²) in [5, 5.41) is 0.528. The average molecular weight is 386 g/mol. The van der Waals surface area contributed by atoms with Crippen molar-refractivity contribution in [2.75, 3.05) is 6.61 Å². The van der Waals surface area contributed by atoms with Gasteiger partial charge in [-0.05, 0) is 37.3 Å². The number of furan rings is 1. The van der Waals surface area contributed by atoms with Crippen LogP contribution in [-0.4, -0.2) is 18.5 Å². The van der Waals surface area contributed by atoms with E-state index in [2.05, 4.69) is 0 Å². The second-order valence-electron chi connectivity index (χ2n) is 6.31. The van der Waals surface area contributed by atoms with E-state index < -0.39 is 11.9 Å². The van der Waals surface area contributed by atoms with Crippen LogP contribution in [-0.2, 0) is 4.74 Å². The third-order valence-electron chi connectivity index (χ3n) is 4.40. The van der Waals surface area contributed by atoms with E-state index in [1.165, 1.54) is 0 Å². The van der Waals surface area contributed by atoms with Gasteiger partial charge in [0, 0.05) is 10.9 Å². The molecule has 1 heterocycles. The normalized spacial score (nSPS) is 10.7. The Morgan fingerprint density at radius 1 is 0.862 bits per heavy atom. The molecule has 3 aromatic carbocycles. The first-order chi connectivity index (χ1) is 14.2. The summed E-state index contributed by atoms with van der Waals surface area (Å²) in [6, 6.07) is 23.0. The zero-order valence-corrected chi connectivity index (χ0v) is 15.8. The predicted molar refractivity (Wildman–Crippen MR) is 109 cm³/mol. The van der Waals surface area contributed by atoms with Gasteiger partial charge in [-0.15, -0.1) is 0 Å². The van der Waals surface area contributed by atoms with Crippen LogP contribution in [0.4, 0.5) is 0 Å². The third kappa shape index (κ3) is 3.75. The van der Waals surface area contributed by atoms with Crippen LogP contribution in [0.3, 0.4) is 0 Å². The van der Waals surface area contributed by atoms with Gasteiger partial charge in [-0.25, -0.2) is 9.59 Å². The summed E-state index contributed by atoms with van der Waals surface area (Å²) in [5.41, 5.74) is 2.02. The number of rotatable bonds is 5. The maximum Gasteiger partial charge on any atom is 0.343 e. The minimum Gasteiger partial charge on any atom is -0.462 e. The molecule has 0 spiro atoms. The number of carbonyl (C=O) groups excluding carboxylic acids is 2. The third-order valence-corrected chi connectivity index (χ3v) is 4.40. The van der Waals surface area contributed by atoms with Crippen molar-refractivity contribution in [1.29, 1.82) is 0 Å². The Morgan fingerprint density at radius 3 is 2.24 bits per heavy atom. The second kappa shape index (κ2) is 8.02. The Hall–Kier alpha value is -3.86. The van der Waals surface area contributed by atoms with Crippen molar-refractivity contribution in [2.24, 2.45) is 0 Å². The van der Waals surface area contributed by atoms with Crippen molar-refractivity contribution in [1.82, 2.24) is 0 Å². The predicted octanol–water partition coefficient (Wildman–Crippen LogP) is 5.50. The molecule has 0 N–H and O–H groups in total. The van der Waals surface area contributed by atoms with Gasteiger partial charge in [0.15, 0.2) is 0 Å². The molecule has 29 heavy (non-hydrogen) atoms. The Bertz CT molecular complexity index is 1160. The first kappa shape index (κ1) is 18.5. The highest BCUT2D eigenvalue weighted by Crippen LogP contribution is 2.36. The van der Waals surface area contributed by atoms with Crippen LogP contribution in [0.5, 0.6) is 5.75 Å². The maximum absolute atomic E-state index is 12.7. The van der Waals surface area contributed by atoms with E-state index in [1.807, 2.05) is 36.4 Å². The van der Waals surface area contributed by atoms with Gasteiger partial charge in [-0.3, -0.25) is 0 Å². The minimum absolute atomic E-state index is 0.239. The van der Waals surface area contributed by atoms with Gasteiger partial charge in [-0.2, -0.15) is 0 Å². The molecular formula is C24H18O5. The molecule has 0 aliphatic carbocycles. The van der Waals surface area contributed by atoms with Gasteiger partial charge in [0.1, 0.15) is 22.7 Å². The number of ether oxygens (including phenoxy) is 2. The van der Waals surface area contributed by atoms with Crippen molar-refractivity contribution in [3.8, 4) is 17.1 Å². The summed E-state index contributed by atoms with van der Waals surface area (Å²) in [5.74, 6) is -0.228. The van der Waals surface area contributed by atoms with Crippen molar-refractivity contribution in [2.45, 2.75) is 6.92 Å². The molecule has 0 aliphatic rings. The Morgan fingerprint density at radius 2 is 1.55 bits per heavy atom. The molecule has 0 fully saturated rings. The second-order valence-corrected chi connectivity index (χ2v) is 6.31. The van der Waals surface area contributed by atoms with Gasteiger partial charge in [0.25, 0.3) is 0 Å². The Kier molecular flexibility index (Phi) is 5.12. The van der Waals surface area contributed by atoms with Crippen LogP contribution < -0.4 is 4.74 Å². The van der Waals surface area contributed by atoms with Crippen LogP contribution in [0.25, 0.3) is 22.3 Å². The molecule has 0 radical (unpaired) electrons. The molecule has 0 atom stereocenters. The van der Waals surface area contributed by atoms with Gasteiger partial charge >= 0.3 is 11.9 Å². The topological polar surface area (TPSA) is 65.7 Å². The summed E-state index contributed by atoms with van der Waals surface area (Å²) in [4.78, 5) is 25.0. The average Bonchev–Trinajstić information content (AvgIpc) is 3.14. The molecule has 0 bridgehead atoms. The van der Waals surface area contributed by atoms with Crippen molar-refractivity contribution < 1.29 is 23.5 Å². The van der Waals surface area contributed by atoms with Gasteiger partial charge in [0.2, 0.25) is 0 Å². The molecule has 144 valence electrons. The fourth-order valence-electron chi connectivity index (χ4n) is 3.08. The summed E-state index contributed by atoms with van der Waals surface area (Å²) in [7, 11) is 0. The van der Waals surface area contributed by atoms with Crippen LogP contribution in [0.1, 0.15) is 27.6 Å². The van der Waals surface area contributed by atoms with Crippen LogP contribution in [0, 0.1) is 0 Å². The zero-order chi connectivity index (χ0) is 20.2. The van der Waals surface area contributed by atoms with Gasteiger partial charge in [0.05, 0.1) is 12.2 Å². The molecule has 0 amide bonds. The Balaban J connectivity index is 1.78. The SMILES string of the molecule is CCOC(=O)c1c(-c2ccccc2)oc2ccc(OC(=O)c3ccccc3)cc12. The van der Waals surface area contributed by atoms with Crippen molar-refractivity contribution in [3.63, 3.8) is 0 Å². The minimum atomic E-state index is -0.489. The van der Waals surface area contributed by atoms with Gasteiger partial charge < -0.3 is 13.9 Å².